The summed E-state index contributed by atoms with van der Waals surface area (Å²) in [5, 5.41) is 3.05. The van der Waals surface area contributed by atoms with E-state index in [1.807, 2.05) is 40.7 Å². The number of benzene rings is 1. The van der Waals surface area contributed by atoms with Crippen LogP contribution in [-0.2, 0) is 11.2 Å². The van der Waals surface area contributed by atoms with E-state index in [-0.39, 0.29) is 5.91 Å². The van der Waals surface area contributed by atoms with Gasteiger partial charge in [0, 0.05) is 49.9 Å². The van der Waals surface area contributed by atoms with Gasteiger partial charge in [-0.3, -0.25) is 4.79 Å². The molecule has 2 N–H and O–H groups in total. The minimum absolute atomic E-state index is 0.217. The third-order valence-corrected chi connectivity index (χ3v) is 5.03. The topological polar surface area (TPSA) is 62.5 Å². The molecule has 1 amide bonds. The number of amides is 1. The van der Waals surface area contributed by atoms with Crippen LogP contribution in [0, 0.1) is 0 Å². The first-order valence-corrected chi connectivity index (χ1v) is 8.87. The molecule has 2 aromatic rings. The number of hydrogen-bond acceptors (Lipinski definition) is 5. The molecule has 122 valence electrons. The van der Waals surface area contributed by atoms with Gasteiger partial charge in [-0.05, 0) is 24.5 Å². The van der Waals surface area contributed by atoms with Gasteiger partial charge in [-0.1, -0.05) is 18.2 Å². The number of para-hydroxylation sites is 1. The molecule has 1 saturated heterocycles. The summed E-state index contributed by atoms with van der Waals surface area (Å²) in [5.41, 5.74) is 7.77. The number of aromatic nitrogens is 1. The van der Waals surface area contributed by atoms with Gasteiger partial charge >= 0.3 is 0 Å². The fourth-order valence-electron chi connectivity index (χ4n) is 2.89. The average molecular weight is 330 g/mol. The maximum atomic E-state index is 12.5. The van der Waals surface area contributed by atoms with Crippen LogP contribution >= 0.6 is 11.3 Å². The minimum Gasteiger partial charge on any atom is -0.399 e. The van der Waals surface area contributed by atoms with Crippen LogP contribution in [0.3, 0.4) is 0 Å². The molecule has 23 heavy (non-hydrogen) atoms. The Morgan fingerprint density at radius 1 is 1.22 bits per heavy atom. The standard InChI is InChI=1S/C17H22N4OS/c18-15-5-2-1-4-14(15)6-7-16(22)20-9-3-10-21(12-11-20)17-19-8-13-23-17/h1-2,4-5,8,13H,3,6-7,9-12,18H2. The Morgan fingerprint density at radius 2 is 2.09 bits per heavy atom. The van der Waals surface area contributed by atoms with E-state index in [0.29, 0.717) is 12.8 Å². The molecule has 0 radical (unpaired) electrons. The number of nitrogens with zero attached hydrogens (tertiary/aromatic N) is 3. The molecular formula is C17H22N4OS. The molecule has 0 unspecified atom stereocenters. The van der Waals surface area contributed by atoms with Gasteiger partial charge in [0.25, 0.3) is 0 Å². The molecule has 3 rings (SSSR count). The van der Waals surface area contributed by atoms with Crippen LogP contribution in [0.15, 0.2) is 35.8 Å². The van der Waals surface area contributed by atoms with Crippen molar-refractivity contribution in [3.05, 3.63) is 41.4 Å². The molecule has 1 aromatic carbocycles. The Morgan fingerprint density at radius 3 is 2.87 bits per heavy atom. The highest BCUT2D eigenvalue weighted by atomic mass is 32.1. The zero-order valence-electron chi connectivity index (χ0n) is 13.1. The zero-order valence-corrected chi connectivity index (χ0v) is 14.0. The summed E-state index contributed by atoms with van der Waals surface area (Å²) in [5.74, 6) is 0.217. The molecule has 1 fully saturated rings. The molecule has 1 aromatic heterocycles. The number of rotatable bonds is 4. The molecule has 5 nitrogen and oxygen atoms in total. The summed E-state index contributed by atoms with van der Waals surface area (Å²) in [6.07, 6.45) is 4.04. The third-order valence-electron chi connectivity index (χ3n) is 4.20. The van der Waals surface area contributed by atoms with Crippen molar-refractivity contribution < 1.29 is 4.79 Å². The van der Waals surface area contributed by atoms with Gasteiger partial charge in [0.1, 0.15) is 0 Å². The van der Waals surface area contributed by atoms with E-state index in [9.17, 15) is 4.79 Å². The molecule has 0 saturated carbocycles. The maximum Gasteiger partial charge on any atom is 0.222 e. The summed E-state index contributed by atoms with van der Waals surface area (Å²) < 4.78 is 0. The lowest BCUT2D eigenvalue weighted by Crippen LogP contribution is -2.35. The van der Waals surface area contributed by atoms with Crippen LogP contribution in [-0.4, -0.2) is 42.0 Å². The van der Waals surface area contributed by atoms with Crippen LogP contribution in [0.2, 0.25) is 0 Å². The molecule has 1 aliphatic heterocycles. The number of thiazole rings is 1. The highest BCUT2D eigenvalue weighted by Crippen LogP contribution is 2.19. The second-order valence-electron chi connectivity index (χ2n) is 5.73. The van der Waals surface area contributed by atoms with Crippen LogP contribution in [0.25, 0.3) is 0 Å². The first-order chi connectivity index (χ1) is 11.2. The minimum atomic E-state index is 0.217. The summed E-state index contributed by atoms with van der Waals surface area (Å²) in [7, 11) is 0. The van der Waals surface area contributed by atoms with Crippen molar-refractivity contribution in [3.63, 3.8) is 0 Å². The first-order valence-electron chi connectivity index (χ1n) is 7.99. The van der Waals surface area contributed by atoms with Gasteiger partial charge < -0.3 is 15.5 Å². The van der Waals surface area contributed by atoms with E-state index in [4.69, 9.17) is 5.73 Å². The van der Waals surface area contributed by atoms with Crippen LogP contribution < -0.4 is 10.6 Å². The van der Waals surface area contributed by atoms with E-state index < -0.39 is 0 Å². The normalized spacial score (nSPS) is 15.5. The largest absolute Gasteiger partial charge is 0.399 e. The summed E-state index contributed by atoms with van der Waals surface area (Å²) in [4.78, 5) is 21.1. The van der Waals surface area contributed by atoms with E-state index in [0.717, 1.165) is 49.0 Å². The first kappa shape index (κ1) is 15.8. The van der Waals surface area contributed by atoms with Crippen molar-refractivity contribution in [3.8, 4) is 0 Å². The highest BCUT2D eigenvalue weighted by Gasteiger charge is 2.20. The molecule has 0 spiro atoms. The second-order valence-corrected chi connectivity index (χ2v) is 6.61. The number of nitrogen functional groups attached to an aromatic ring is 1. The van der Waals surface area contributed by atoms with Crippen molar-refractivity contribution in [2.45, 2.75) is 19.3 Å². The predicted octanol–water partition coefficient (Wildman–Crippen LogP) is 2.40. The van der Waals surface area contributed by atoms with Crippen molar-refractivity contribution in [1.29, 1.82) is 0 Å². The van der Waals surface area contributed by atoms with E-state index in [2.05, 4.69) is 9.88 Å². The lowest BCUT2D eigenvalue weighted by molar-refractivity contribution is -0.130. The van der Waals surface area contributed by atoms with E-state index >= 15 is 0 Å². The van der Waals surface area contributed by atoms with Crippen molar-refractivity contribution in [1.82, 2.24) is 9.88 Å². The van der Waals surface area contributed by atoms with Gasteiger partial charge in [0.15, 0.2) is 5.13 Å². The molecule has 0 atom stereocenters. The van der Waals surface area contributed by atoms with Gasteiger partial charge in [-0.15, -0.1) is 11.3 Å². The zero-order chi connectivity index (χ0) is 16.1. The molecule has 6 heteroatoms. The monoisotopic (exact) mass is 330 g/mol. The quantitative estimate of drug-likeness (QED) is 0.875. The van der Waals surface area contributed by atoms with Crippen molar-refractivity contribution >= 4 is 28.1 Å². The van der Waals surface area contributed by atoms with E-state index in [1.54, 1.807) is 11.3 Å². The summed E-state index contributed by atoms with van der Waals surface area (Å²) in [6.45, 7) is 3.41. The van der Waals surface area contributed by atoms with Crippen molar-refractivity contribution in [2.24, 2.45) is 0 Å². The molecule has 1 aliphatic rings. The fraction of sp³-hybridized carbons (Fsp3) is 0.412. The summed E-state index contributed by atoms with van der Waals surface area (Å²) in [6, 6.07) is 7.77. The number of carbonyl (C=O) groups is 1. The van der Waals surface area contributed by atoms with Gasteiger partial charge in [0.2, 0.25) is 5.91 Å². The second kappa shape index (κ2) is 7.46. The van der Waals surface area contributed by atoms with Crippen LogP contribution in [0.5, 0.6) is 0 Å². The summed E-state index contributed by atoms with van der Waals surface area (Å²) >= 11 is 1.65. The lowest BCUT2D eigenvalue weighted by atomic mass is 10.1. The maximum absolute atomic E-state index is 12.5. The van der Waals surface area contributed by atoms with Crippen LogP contribution in [0.1, 0.15) is 18.4 Å². The van der Waals surface area contributed by atoms with Gasteiger partial charge in [-0.25, -0.2) is 4.98 Å². The lowest BCUT2D eigenvalue weighted by Gasteiger charge is -2.21. The molecular weight excluding hydrogens is 308 g/mol. The Balaban J connectivity index is 1.53. The number of anilines is 2. The third kappa shape index (κ3) is 4.01. The smallest absolute Gasteiger partial charge is 0.222 e. The Bertz CT molecular complexity index is 644. The highest BCUT2D eigenvalue weighted by molar-refractivity contribution is 7.13. The average Bonchev–Trinajstić information content (AvgIpc) is 2.98. The molecule has 0 aliphatic carbocycles. The predicted molar refractivity (Wildman–Crippen MR) is 94.7 cm³/mol. The number of aryl methyl sites for hydroxylation is 1. The van der Waals surface area contributed by atoms with Gasteiger partial charge in [0.05, 0.1) is 0 Å². The Labute approximate surface area is 140 Å². The van der Waals surface area contributed by atoms with Gasteiger partial charge in [-0.2, -0.15) is 0 Å². The van der Waals surface area contributed by atoms with Crippen LogP contribution in [0.4, 0.5) is 10.8 Å². The Hall–Kier alpha value is -2.08. The number of carbonyl (C=O) groups excluding carboxylic acids is 1. The van der Waals surface area contributed by atoms with Crippen molar-refractivity contribution in [2.75, 3.05) is 36.8 Å². The molecule has 0 bridgehead atoms. The Kier molecular flexibility index (Phi) is 5.12. The van der Waals surface area contributed by atoms with E-state index in [1.165, 1.54) is 0 Å². The fourth-order valence-corrected chi connectivity index (χ4v) is 3.59. The number of nitrogens with two attached hydrogens (primary N) is 1. The molecule has 2 heterocycles. The number of hydrogen-bond donors (Lipinski definition) is 1. The SMILES string of the molecule is Nc1ccccc1CCC(=O)N1CCCN(c2nccs2)CC1.